The number of oxazole rings is 1. The van der Waals surface area contributed by atoms with E-state index in [0.29, 0.717) is 0 Å². The maximum Gasteiger partial charge on any atom is 0.238 e. The lowest BCUT2D eigenvalue weighted by Gasteiger charge is -2.10. The molecule has 2 heterocycles. The fraction of sp³-hybridized carbons (Fsp3) is 0.0952. The van der Waals surface area contributed by atoms with E-state index in [2.05, 4.69) is 4.98 Å². The first-order chi connectivity index (χ1) is 13.9. The van der Waals surface area contributed by atoms with Crippen LogP contribution in [0.15, 0.2) is 91.5 Å². The summed E-state index contributed by atoms with van der Waals surface area (Å²) >= 11 is 2.70. The molecule has 0 saturated heterocycles. The molecule has 0 unspecified atom stereocenters. The van der Waals surface area contributed by atoms with Crippen molar-refractivity contribution < 1.29 is 17.2 Å². The van der Waals surface area contributed by atoms with Gasteiger partial charge >= 0.3 is 0 Å². The van der Waals surface area contributed by atoms with E-state index in [0.717, 1.165) is 22.6 Å². The maximum atomic E-state index is 13.3. The molecule has 4 rings (SSSR count). The van der Waals surface area contributed by atoms with E-state index in [9.17, 15) is 12.8 Å². The maximum absolute atomic E-state index is 13.3. The van der Waals surface area contributed by atoms with E-state index in [1.165, 1.54) is 35.2 Å². The van der Waals surface area contributed by atoms with Gasteiger partial charge in [-0.25, -0.2) is 12.8 Å². The largest absolute Gasteiger partial charge is 0.427 e. The van der Waals surface area contributed by atoms with Crippen molar-refractivity contribution in [2.24, 2.45) is 0 Å². The molecule has 0 aliphatic heterocycles. The number of rotatable bonds is 6. The molecular weight excluding hydrogens is 429 g/mol. The van der Waals surface area contributed by atoms with Gasteiger partial charge in [-0.1, -0.05) is 48.2 Å². The number of aromatic nitrogens is 1. The summed E-state index contributed by atoms with van der Waals surface area (Å²) in [5.74, 6) is -0.251. The Hall–Kier alpha value is -2.42. The van der Waals surface area contributed by atoms with E-state index in [1.54, 1.807) is 0 Å². The van der Waals surface area contributed by atoms with Crippen molar-refractivity contribution in [3.8, 4) is 10.8 Å². The average molecular weight is 446 g/mol. The van der Waals surface area contributed by atoms with Crippen molar-refractivity contribution in [1.82, 2.24) is 4.98 Å². The molecule has 0 saturated carbocycles. The minimum absolute atomic E-state index is 0.0286. The zero-order valence-corrected chi connectivity index (χ0v) is 17.7. The van der Waals surface area contributed by atoms with E-state index >= 15 is 0 Å². The van der Waals surface area contributed by atoms with Crippen LogP contribution in [0.25, 0.3) is 10.8 Å². The van der Waals surface area contributed by atoms with E-state index in [1.807, 2.05) is 54.8 Å². The fourth-order valence-corrected chi connectivity index (χ4v) is 5.91. The van der Waals surface area contributed by atoms with Gasteiger partial charge in [0.25, 0.3) is 0 Å². The van der Waals surface area contributed by atoms with Crippen LogP contribution in [0.5, 0.6) is 0 Å². The van der Waals surface area contributed by atoms with Crippen LogP contribution in [-0.4, -0.2) is 13.4 Å². The molecule has 0 aliphatic rings. The van der Waals surface area contributed by atoms with Crippen molar-refractivity contribution in [3.63, 3.8) is 0 Å². The molecule has 0 fully saturated rings. The van der Waals surface area contributed by atoms with Gasteiger partial charge in [-0.2, -0.15) is 4.98 Å². The van der Waals surface area contributed by atoms with Crippen LogP contribution >= 0.6 is 23.1 Å². The highest BCUT2D eigenvalue weighted by Gasteiger charge is 2.30. The fourth-order valence-electron chi connectivity index (χ4n) is 2.72. The van der Waals surface area contributed by atoms with Crippen LogP contribution in [0.3, 0.4) is 0 Å². The molecule has 0 bridgehead atoms. The summed E-state index contributed by atoms with van der Waals surface area (Å²) in [6, 6.07) is 18.1. The molecule has 29 heavy (non-hydrogen) atoms. The first-order valence-corrected chi connectivity index (χ1v) is 12.0. The number of thiophene rings is 1. The summed E-state index contributed by atoms with van der Waals surface area (Å²) in [4.78, 5) is 5.02. The Kier molecular flexibility index (Phi) is 5.58. The third-order valence-electron chi connectivity index (χ3n) is 4.23. The first-order valence-electron chi connectivity index (χ1n) is 8.72. The highest BCUT2D eigenvalue weighted by molar-refractivity contribution is 8.00. The number of sulfone groups is 1. The summed E-state index contributed by atoms with van der Waals surface area (Å²) in [6.45, 7) is 1.97. The zero-order valence-electron chi connectivity index (χ0n) is 15.3. The first kappa shape index (κ1) is 19.9. The highest BCUT2D eigenvalue weighted by Crippen LogP contribution is 2.42. The quantitative estimate of drug-likeness (QED) is 0.260. The lowest BCUT2D eigenvalue weighted by atomic mass is 10.2. The Labute approximate surface area is 176 Å². The number of hydrogen-bond donors (Lipinski definition) is 0. The van der Waals surface area contributed by atoms with E-state index < -0.39 is 15.7 Å². The molecule has 0 aliphatic carbocycles. The second-order valence-electron chi connectivity index (χ2n) is 6.22. The molecule has 8 heteroatoms. The van der Waals surface area contributed by atoms with Gasteiger partial charge in [-0.05, 0) is 48.2 Å². The molecular formula is C21H16FNO3S3. The topological polar surface area (TPSA) is 60.2 Å². The summed E-state index contributed by atoms with van der Waals surface area (Å²) in [5.41, 5.74) is 1.04. The van der Waals surface area contributed by atoms with Gasteiger partial charge in [-0.15, -0.1) is 11.3 Å². The third kappa shape index (κ3) is 4.14. The number of benzene rings is 2. The molecule has 2 aromatic heterocycles. The van der Waals surface area contributed by atoms with Crippen LogP contribution in [0.4, 0.5) is 4.39 Å². The Morgan fingerprint density at radius 3 is 2.41 bits per heavy atom. The van der Waals surface area contributed by atoms with Gasteiger partial charge in [0.1, 0.15) is 5.82 Å². The second-order valence-corrected chi connectivity index (χ2v) is 10.3. The van der Waals surface area contributed by atoms with Crippen molar-refractivity contribution in [1.29, 1.82) is 0 Å². The van der Waals surface area contributed by atoms with Gasteiger partial charge < -0.3 is 4.42 Å². The highest BCUT2D eigenvalue weighted by atomic mass is 32.2. The van der Waals surface area contributed by atoms with Gasteiger partial charge in [0.05, 0.1) is 9.77 Å². The molecule has 0 radical (unpaired) electrons. The molecule has 0 amide bonds. The monoisotopic (exact) mass is 445 g/mol. The summed E-state index contributed by atoms with van der Waals surface area (Å²) < 4.78 is 45.6. The van der Waals surface area contributed by atoms with Gasteiger partial charge in [0.2, 0.25) is 25.8 Å². The molecule has 1 atom stereocenters. The van der Waals surface area contributed by atoms with Crippen LogP contribution < -0.4 is 0 Å². The number of halogens is 1. The summed E-state index contributed by atoms with van der Waals surface area (Å²) in [6.07, 6.45) is 0. The van der Waals surface area contributed by atoms with Gasteiger partial charge in [0.15, 0.2) is 0 Å². The van der Waals surface area contributed by atoms with Crippen molar-refractivity contribution >= 4 is 32.9 Å². The Balaban J connectivity index is 1.78. The molecule has 4 aromatic rings. The van der Waals surface area contributed by atoms with Gasteiger partial charge in [0, 0.05) is 5.25 Å². The predicted molar refractivity (Wildman–Crippen MR) is 112 cm³/mol. The van der Waals surface area contributed by atoms with Crippen LogP contribution in [0, 0.1) is 5.82 Å². The van der Waals surface area contributed by atoms with Crippen molar-refractivity contribution in [2.75, 3.05) is 0 Å². The molecule has 2 aromatic carbocycles. The lowest BCUT2D eigenvalue weighted by molar-refractivity contribution is 0.470. The van der Waals surface area contributed by atoms with E-state index in [4.69, 9.17) is 4.42 Å². The third-order valence-corrected chi connectivity index (χ3v) is 8.01. The van der Waals surface area contributed by atoms with Crippen LogP contribution in [0.2, 0.25) is 0 Å². The Morgan fingerprint density at radius 2 is 1.76 bits per heavy atom. The number of nitrogens with zero attached hydrogens (tertiary/aromatic N) is 1. The van der Waals surface area contributed by atoms with E-state index in [-0.39, 0.29) is 26.2 Å². The van der Waals surface area contributed by atoms with Crippen molar-refractivity contribution in [3.05, 3.63) is 83.5 Å². The van der Waals surface area contributed by atoms with Gasteiger partial charge in [-0.3, -0.25) is 0 Å². The van der Waals surface area contributed by atoms with Crippen LogP contribution in [-0.2, 0) is 9.84 Å². The standard InChI is InChI=1S/C21H16FNO3S3/c1-14(15-6-3-2-4-7-15)28-21-20(23-19(26-21)18-8-5-13-27-18)29(24,25)17-11-9-16(22)10-12-17/h2-14H,1H3/t14-/m1/s1. The Bertz CT molecular complexity index is 1200. The molecule has 148 valence electrons. The lowest BCUT2D eigenvalue weighted by Crippen LogP contribution is -2.04. The number of thioether (sulfide) groups is 1. The molecule has 4 nitrogen and oxygen atoms in total. The summed E-state index contributed by atoms with van der Waals surface area (Å²) in [7, 11) is -3.97. The van der Waals surface area contributed by atoms with Crippen LogP contribution in [0.1, 0.15) is 17.7 Å². The average Bonchev–Trinajstić information content (AvgIpc) is 3.39. The second kappa shape index (κ2) is 8.14. The smallest absolute Gasteiger partial charge is 0.238 e. The normalized spacial score (nSPS) is 12.8. The minimum Gasteiger partial charge on any atom is -0.427 e. The summed E-state index contributed by atoms with van der Waals surface area (Å²) in [5, 5.41) is 1.88. The van der Waals surface area contributed by atoms with Crippen molar-refractivity contribution in [2.45, 2.75) is 27.2 Å². The Morgan fingerprint density at radius 1 is 1.03 bits per heavy atom. The molecule has 0 N–H and O–H groups in total. The minimum atomic E-state index is -3.97. The SMILES string of the molecule is C[C@@H](Sc1oc(-c2cccs2)nc1S(=O)(=O)c1ccc(F)cc1)c1ccccc1. The number of hydrogen-bond acceptors (Lipinski definition) is 6. The zero-order chi connectivity index (χ0) is 20.4. The molecule has 0 spiro atoms. The predicted octanol–water partition coefficient (Wildman–Crippen LogP) is 6.23.